The van der Waals surface area contributed by atoms with Crippen LogP contribution in [0.2, 0.25) is 0 Å². The summed E-state index contributed by atoms with van der Waals surface area (Å²) in [5.41, 5.74) is 0.119. The SMILES string of the molecule is Fc1cccc(Br)c1NCCOC(F)(F)F. The summed E-state index contributed by atoms with van der Waals surface area (Å²) in [6.45, 7) is -0.719. The molecule has 0 aromatic heterocycles. The fraction of sp³-hybridized carbons (Fsp3) is 0.333. The van der Waals surface area contributed by atoms with E-state index >= 15 is 0 Å². The highest BCUT2D eigenvalue weighted by molar-refractivity contribution is 9.10. The van der Waals surface area contributed by atoms with Gasteiger partial charge in [0.05, 0.1) is 12.3 Å². The molecule has 7 heteroatoms. The molecule has 16 heavy (non-hydrogen) atoms. The summed E-state index contributed by atoms with van der Waals surface area (Å²) >= 11 is 3.07. The summed E-state index contributed by atoms with van der Waals surface area (Å²) in [4.78, 5) is 0. The van der Waals surface area contributed by atoms with E-state index in [-0.39, 0.29) is 12.2 Å². The van der Waals surface area contributed by atoms with Crippen LogP contribution in [0, 0.1) is 5.82 Å². The van der Waals surface area contributed by atoms with Crippen molar-refractivity contribution in [2.24, 2.45) is 0 Å². The Labute approximate surface area is 97.7 Å². The summed E-state index contributed by atoms with van der Waals surface area (Å²) in [6, 6.07) is 4.27. The third kappa shape index (κ3) is 4.36. The van der Waals surface area contributed by atoms with Crippen molar-refractivity contribution in [3.05, 3.63) is 28.5 Å². The van der Waals surface area contributed by atoms with Gasteiger partial charge in [0.1, 0.15) is 5.82 Å². The lowest BCUT2D eigenvalue weighted by molar-refractivity contribution is -0.322. The summed E-state index contributed by atoms with van der Waals surface area (Å²) < 4.78 is 52.0. The molecule has 0 fully saturated rings. The number of halogens is 5. The first kappa shape index (κ1) is 13.2. The van der Waals surface area contributed by atoms with Crippen LogP contribution < -0.4 is 5.32 Å². The summed E-state index contributed by atoms with van der Waals surface area (Å²) in [5.74, 6) is -0.540. The predicted octanol–water partition coefficient (Wildman–Crippen LogP) is 3.54. The van der Waals surface area contributed by atoms with E-state index in [9.17, 15) is 17.6 Å². The van der Waals surface area contributed by atoms with E-state index in [2.05, 4.69) is 26.0 Å². The molecular weight excluding hydrogens is 294 g/mol. The van der Waals surface area contributed by atoms with E-state index in [0.717, 1.165) is 0 Å². The Balaban J connectivity index is 2.43. The average Bonchev–Trinajstić information content (AvgIpc) is 2.14. The largest absolute Gasteiger partial charge is 0.522 e. The quantitative estimate of drug-likeness (QED) is 0.678. The highest BCUT2D eigenvalue weighted by atomic mass is 79.9. The van der Waals surface area contributed by atoms with Gasteiger partial charge in [-0.05, 0) is 28.1 Å². The number of para-hydroxylation sites is 1. The van der Waals surface area contributed by atoms with Gasteiger partial charge in [-0.25, -0.2) is 4.39 Å². The molecule has 0 aliphatic heterocycles. The minimum atomic E-state index is -4.66. The summed E-state index contributed by atoms with van der Waals surface area (Å²) in [6.07, 6.45) is -4.66. The predicted molar refractivity (Wildman–Crippen MR) is 54.6 cm³/mol. The number of hydrogen-bond acceptors (Lipinski definition) is 2. The second-order valence-corrected chi connectivity index (χ2v) is 3.67. The van der Waals surface area contributed by atoms with Crippen LogP contribution in [0.15, 0.2) is 22.7 Å². The van der Waals surface area contributed by atoms with Crippen molar-refractivity contribution in [3.63, 3.8) is 0 Å². The first-order chi connectivity index (χ1) is 7.40. The van der Waals surface area contributed by atoms with Crippen LogP contribution in [0.3, 0.4) is 0 Å². The molecule has 0 radical (unpaired) electrons. The second-order valence-electron chi connectivity index (χ2n) is 2.82. The van der Waals surface area contributed by atoms with Gasteiger partial charge in [0.25, 0.3) is 0 Å². The fourth-order valence-corrected chi connectivity index (χ4v) is 1.49. The second kappa shape index (κ2) is 5.49. The molecule has 0 aliphatic carbocycles. The van der Waals surface area contributed by atoms with Crippen molar-refractivity contribution in [2.45, 2.75) is 6.36 Å². The Morgan fingerprint density at radius 3 is 2.56 bits per heavy atom. The lowest BCUT2D eigenvalue weighted by Gasteiger charge is -2.11. The standard InChI is InChI=1S/C9H8BrF4NO/c10-6-2-1-3-7(11)8(6)15-4-5-16-9(12,13)14/h1-3,15H,4-5H2. The number of rotatable bonds is 4. The molecule has 0 saturated heterocycles. The number of ether oxygens (including phenoxy) is 1. The van der Waals surface area contributed by atoms with E-state index in [0.29, 0.717) is 4.47 Å². The molecule has 0 amide bonds. The molecule has 0 bridgehead atoms. The number of alkyl halides is 3. The molecule has 1 aromatic carbocycles. The van der Waals surface area contributed by atoms with Crippen LogP contribution in [-0.4, -0.2) is 19.5 Å². The van der Waals surface area contributed by atoms with Gasteiger partial charge in [0.15, 0.2) is 0 Å². The minimum Gasteiger partial charge on any atom is -0.379 e. The molecule has 0 atom stereocenters. The first-order valence-corrected chi connectivity index (χ1v) is 5.08. The molecule has 0 heterocycles. The van der Waals surface area contributed by atoms with Crippen LogP contribution in [0.25, 0.3) is 0 Å². The van der Waals surface area contributed by atoms with Crippen LogP contribution in [-0.2, 0) is 4.74 Å². The highest BCUT2D eigenvalue weighted by Crippen LogP contribution is 2.25. The minimum absolute atomic E-state index is 0.119. The third-order valence-corrected chi connectivity index (χ3v) is 2.29. The molecule has 1 N–H and O–H groups in total. The number of anilines is 1. The highest BCUT2D eigenvalue weighted by Gasteiger charge is 2.28. The van der Waals surface area contributed by atoms with Crippen molar-refractivity contribution in [1.29, 1.82) is 0 Å². The van der Waals surface area contributed by atoms with Gasteiger partial charge in [-0.15, -0.1) is 13.2 Å². The Kier molecular flexibility index (Phi) is 4.55. The molecule has 1 rings (SSSR count). The normalized spacial score (nSPS) is 11.6. The molecule has 0 saturated carbocycles. The van der Waals surface area contributed by atoms with Gasteiger partial charge in [-0.3, -0.25) is 4.74 Å². The summed E-state index contributed by atoms with van der Waals surface area (Å²) in [7, 11) is 0. The zero-order valence-electron chi connectivity index (χ0n) is 7.94. The first-order valence-electron chi connectivity index (χ1n) is 4.29. The maximum absolute atomic E-state index is 13.2. The van der Waals surface area contributed by atoms with Crippen molar-refractivity contribution >= 4 is 21.6 Å². The Morgan fingerprint density at radius 1 is 1.31 bits per heavy atom. The molecule has 1 aromatic rings. The molecule has 0 aliphatic rings. The topological polar surface area (TPSA) is 21.3 Å². The molecule has 0 unspecified atom stereocenters. The number of nitrogens with one attached hydrogen (secondary N) is 1. The van der Waals surface area contributed by atoms with Crippen molar-refractivity contribution in [3.8, 4) is 0 Å². The van der Waals surface area contributed by atoms with Crippen molar-refractivity contribution < 1.29 is 22.3 Å². The van der Waals surface area contributed by atoms with Gasteiger partial charge in [-0.2, -0.15) is 0 Å². The molecule has 90 valence electrons. The van der Waals surface area contributed by atoms with Crippen LogP contribution in [0.1, 0.15) is 0 Å². The van der Waals surface area contributed by atoms with Gasteiger partial charge < -0.3 is 5.32 Å². The number of benzene rings is 1. The zero-order chi connectivity index (χ0) is 12.2. The van der Waals surface area contributed by atoms with Gasteiger partial charge in [-0.1, -0.05) is 6.07 Å². The Bertz CT molecular complexity index is 336. The van der Waals surface area contributed by atoms with E-state index in [1.165, 1.54) is 12.1 Å². The van der Waals surface area contributed by atoms with Gasteiger partial charge >= 0.3 is 6.36 Å². The molecule has 2 nitrogen and oxygen atoms in total. The lowest BCUT2D eigenvalue weighted by Crippen LogP contribution is -2.19. The Morgan fingerprint density at radius 2 is 2.00 bits per heavy atom. The van der Waals surface area contributed by atoms with E-state index < -0.39 is 18.8 Å². The lowest BCUT2D eigenvalue weighted by atomic mass is 10.3. The van der Waals surface area contributed by atoms with E-state index in [1.54, 1.807) is 6.07 Å². The monoisotopic (exact) mass is 301 g/mol. The smallest absolute Gasteiger partial charge is 0.379 e. The third-order valence-electron chi connectivity index (χ3n) is 1.63. The van der Waals surface area contributed by atoms with Crippen LogP contribution >= 0.6 is 15.9 Å². The van der Waals surface area contributed by atoms with Gasteiger partial charge in [0.2, 0.25) is 0 Å². The van der Waals surface area contributed by atoms with Crippen molar-refractivity contribution in [2.75, 3.05) is 18.5 Å². The van der Waals surface area contributed by atoms with E-state index in [1.807, 2.05) is 0 Å². The van der Waals surface area contributed by atoms with Crippen LogP contribution in [0.5, 0.6) is 0 Å². The Hall–Kier alpha value is -0.820. The molecular formula is C9H8BrF4NO. The maximum atomic E-state index is 13.2. The number of hydrogen-bond donors (Lipinski definition) is 1. The van der Waals surface area contributed by atoms with Crippen molar-refractivity contribution in [1.82, 2.24) is 0 Å². The maximum Gasteiger partial charge on any atom is 0.522 e. The fourth-order valence-electron chi connectivity index (χ4n) is 1.01. The zero-order valence-corrected chi connectivity index (χ0v) is 9.53. The average molecular weight is 302 g/mol. The summed E-state index contributed by atoms with van der Waals surface area (Å²) in [5, 5.41) is 2.51. The van der Waals surface area contributed by atoms with Crippen LogP contribution in [0.4, 0.5) is 23.2 Å². The van der Waals surface area contributed by atoms with Gasteiger partial charge in [0, 0.05) is 11.0 Å². The molecule has 0 spiro atoms. The van der Waals surface area contributed by atoms with E-state index in [4.69, 9.17) is 0 Å².